The van der Waals surface area contributed by atoms with Gasteiger partial charge in [0, 0.05) is 6.54 Å². The molecule has 0 saturated carbocycles. The number of aromatic hydroxyl groups is 1. The van der Waals surface area contributed by atoms with Gasteiger partial charge in [-0.05, 0) is 44.8 Å². The van der Waals surface area contributed by atoms with Crippen LogP contribution in [-0.4, -0.2) is 5.11 Å². The van der Waals surface area contributed by atoms with E-state index in [0.717, 1.165) is 16.7 Å². The third-order valence-electron chi connectivity index (χ3n) is 2.47. The summed E-state index contributed by atoms with van der Waals surface area (Å²) in [6, 6.07) is 13.5. The number of hydrogen-bond donors (Lipinski definition) is 2. The Morgan fingerprint density at radius 1 is 1.00 bits per heavy atom. The van der Waals surface area contributed by atoms with Gasteiger partial charge in [0.1, 0.15) is 5.75 Å². The van der Waals surface area contributed by atoms with Gasteiger partial charge >= 0.3 is 0 Å². The zero-order valence-electron chi connectivity index (χ0n) is 8.65. The quantitative estimate of drug-likeness (QED) is 0.885. The number of phenolic OH excluding ortho intramolecular Hbond substituents is 1. The largest absolute Gasteiger partial charge is 0.507 e. The highest BCUT2D eigenvalue weighted by Gasteiger charge is 2.01. The van der Waals surface area contributed by atoms with Crippen LogP contribution in [0.2, 0.25) is 0 Å². The Bertz CT molecular complexity index is 494. The van der Waals surface area contributed by atoms with E-state index in [-0.39, 0.29) is 5.75 Å². The fourth-order valence-corrected chi connectivity index (χ4v) is 1.90. The summed E-state index contributed by atoms with van der Waals surface area (Å²) < 4.78 is 0.702. The zero-order valence-corrected chi connectivity index (χ0v) is 10.2. The number of benzene rings is 2. The lowest BCUT2D eigenvalue weighted by Crippen LogP contribution is -1.95. The molecule has 0 aliphatic rings. The summed E-state index contributed by atoms with van der Waals surface area (Å²) in [7, 11) is 0. The number of rotatable bonds is 2. The molecule has 0 fully saturated rings. The van der Waals surface area contributed by atoms with Gasteiger partial charge in [0.25, 0.3) is 0 Å². The minimum atomic E-state index is 0.252. The van der Waals surface area contributed by atoms with Crippen LogP contribution >= 0.6 is 15.9 Å². The van der Waals surface area contributed by atoms with Crippen LogP contribution in [-0.2, 0) is 6.54 Å². The van der Waals surface area contributed by atoms with Gasteiger partial charge in [-0.25, -0.2) is 0 Å². The zero-order chi connectivity index (χ0) is 11.5. The van der Waals surface area contributed by atoms with Gasteiger partial charge in [-0.2, -0.15) is 0 Å². The van der Waals surface area contributed by atoms with Crippen molar-refractivity contribution in [2.45, 2.75) is 6.54 Å². The predicted molar refractivity (Wildman–Crippen MR) is 69.1 cm³/mol. The summed E-state index contributed by atoms with van der Waals surface area (Å²) >= 11 is 3.30. The molecular weight excluding hydrogens is 266 g/mol. The molecule has 3 N–H and O–H groups in total. The van der Waals surface area contributed by atoms with Crippen molar-refractivity contribution in [2.75, 3.05) is 0 Å². The summed E-state index contributed by atoms with van der Waals surface area (Å²) in [6.07, 6.45) is 0. The molecule has 2 aromatic carbocycles. The van der Waals surface area contributed by atoms with Gasteiger partial charge in [0.05, 0.1) is 4.47 Å². The molecule has 0 bridgehead atoms. The molecule has 3 heteroatoms. The second-order valence-corrected chi connectivity index (χ2v) is 4.42. The fraction of sp³-hybridized carbons (Fsp3) is 0.0769. The van der Waals surface area contributed by atoms with E-state index in [4.69, 9.17) is 5.73 Å². The van der Waals surface area contributed by atoms with Crippen molar-refractivity contribution in [2.24, 2.45) is 5.73 Å². The molecule has 0 aliphatic carbocycles. The Morgan fingerprint density at radius 2 is 1.62 bits per heavy atom. The van der Waals surface area contributed by atoms with Gasteiger partial charge in [0.15, 0.2) is 0 Å². The maximum absolute atomic E-state index is 9.41. The highest BCUT2D eigenvalue weighted by Crippen LogP contribution is 2.29. The van der Waals surface area contributed by atoms with Crippen molar-refractivity contribution < 1.29 is 5.11 Å². The first-order valence-corrected chi connectivity index (χ1v) is 5.78. The third-order valence-corrected chi connectivity index (χ3v) is 3.11. The molecular formula is C13H12BrNO. The third kappa shape index (κ3) is 2.26. The number of phenols is 1. The van der Waals surface area contributed by atoms with Crippen LogP contribution in [0.25, 0.3) is 11.1 Å². The van der Waals surface area contributed by atoms with Crippen molar-refractivity contribution in [3.63, 3.8) is 0 Å². The molecule has 0 aliphatic heterocycles. The smallest absolute Gasteiger partial charge is 0.129 e. The first-order chi connectivity index (χ1) is 7.70. The maximum Gasteiger partial charge on any atom is 0.129 e. The summed E-state index contributed by atoms with van der Waals surface area (Å²) in [5.74, 6) is 0.252. The average Bonchev–Trinajstić information content (AvgIpc) is 2.33. The molecule has 0 radical (unpaired) electrons. The Morgan fingerprint density at radius 3 is 2.19 bits per heavy atom. The van der Waals surface area contributed by atoms with Gasteiger partial charge in [-0.1, -0.05) is 30.3 Å². The second kappa shape index (κ2) is 4.68. The molecule has 2 nitrogen and oxygen atoms in total. The number of halogens is 1. The van der Waals surface area contributed by atoms with E-state index in [0.29, 0.717) is 11.0 Å². The minimum absolute atomic E-state index is 0.252. The van der Waals surface area contributed by atoms with E-state index >= 15 is 0 Å². The normalized spacial score (nSPS) is 10.4. The first kappa shape index (κ1) is 11.2. The molecule has 0 aromatic heterocycles. The van der Waals surface area contributed by atoms with E-state index in [9.17, 15) is 5.11 Å². The Balaban J connectivity index is 2.38. The molecule has 0 saturated heterocycles. The molecule has 0 unspecified atom stereocenters. The number of hydrogen-bond acceptors (Lipinski definition) is 2. The Labute approximate surface area is 103 Å². The summed E-state index contributed by atoms with van der Waals surface area (Å²) in [4.78, 5) is 0. The average molecular weight is 278 g/mol. The lowest BCUT2D eigenvalue weighted by Gasteiger charge is -2.04. The van der Waals surface area contributed by atoms with Gasteiger partial charge in [-0.3, -0.25) is 0 Å². The van der Waals surface area contributed by atoms with Crippen LogP contribution in [0.5, 0.6) is 5.75 Å². The van der Waals surface area contributed by atoms with E-state index in [1.807, 2.05) is 36.4 Å². The highest BCUT2D eigenvalue weighted by atomic mass is 79.9. The summed E-state index contributed by atoms with van der Waals surface area (Å²) in [6.45, 7) is 0.555. The van der Waals surface area contributed by atoms with Crippen molar-refractivity contribution in [3.8, 4) is 16.9 Å². The van der Waals surface area contributed by atoms with Crippen LogP contribution in [0.3, 0.4) is 0 Å². The summed E-state index contributed by atoms with van der Waals surface area (Å²) in [5, 5.41) is 9.41. The Kier molecular flexibility index (Phi) is 3.27. The predicted octanol–water partition coefficient (Wildman–Crippen LogP) is 3.28. The van der Waals surface area contributed by atoms with Crippen molar-refractivity contribution >= 4 is 15.9 Å². The molecule has 0 amide bonds. The molecule has 2 rings (SSSR count). The second-order valence-electron chi connectivity index (χ2n) is 3.57. The molecule has 16 heavy (non-hydrogen) atoms. The lowest BCUT2D eigenvalue weighted by atomic mass is 10.0. The first-order valence-electron chi connectivity index (χ1n) is 4.98. The topological polar surface area (TPSA) is 46.2 Å². The molecule has 2 aromatic rings. The standard InChI is InChI=1S/C13H12BrNO/c14-12-7-11(5-6-13(12)16)10-3-1-9(8-15)2-4-10/h1-7,16H,8,15H2. The van der Waals surface area contributed by atoms with Gasteiger partial charge < -0.3 is 10.8 Å². The lowest BCUT2D eigenvalue weighted by molar-refractivity contribution is 0.472. The van der Waals surface area contributed by atoms with E-state index in [1.54, 1.807) is 6.07 Å². The maximum atomic E-state index is 9.41. The van der Waals surface area contributed by atoms with Crippen molar-refractivity contribution in [1.29, 1.82) is 0 Å². The molecule has 0 atom stereocenters. The molecule has 82 valence electrons. The Hall–Kier alpha value is -1.32. The monoisotopic (exact) mass is 277 g/mol. The highest BCUT2D eigenvalue weighted by molar-refractivity contribution is 9.10. The summed E-state index contributed by atoms with van der Waals surface area (Å²) in [5.41, 5.74) is 8.83. The molecule has 0 spiro atoms. The minimum Gasteiger partial charge on any atom is -0.507 e. The van der Waals surface area contributed by atoms with Crippen LogP contribution in [0.1, 0.15) is 5.56 Å². The van der Waals surface area contributed by atoms with Crippen molar-refractivity contribution in [1.82, 2.24) is 0 Å². The van der Waals surface area contributed by atoms with Gasteiger partial charge in [0.2, 0.25) is 0 Å². The van der Waals surface area contributed by atoms with Crippen molar-refractivity contribution in [3.05, 3.63) is 52.5 Å². The van der Waals surface area contributed by atoms with Crippen LogP contribution in [0.4, 0.5) is 0 Å². The molecule has 0 heterocycles. The van der Waals surface area contributed by atoms with E-state index in [2.05, 4.69) is 15.9 Å². The van der Waals surface area contributed by atoms with Crippen LogP contribution in [0, 0.1) is 0 Å². The van der Waals surface area contributed by atoms with Crippen LogP contribution < -0.4 is 5.73 Å². The van der Waals surface area contributed by atoms with E-state index < -0.39 is 0 Å². The number of nitrogens with two attached hydrogens (primary N) is 1. The van der Waals surface area contributed by atoms with Crippen LogP contribution in [0.15, 0.2) is 46.9 Å². The van der Waals surface area contributed by atoms with E-state index in [1.165, 1.54) is 0 Å². The fourth-order valence-electron chi connectivity index (χ4n) is 1.52. The van der Waals surface area contributed by atoms with Gasteiger partial charge in [-0.15, -0.1) is 0 Å². The SMILES string of the molecule is NCc1ccc(-c2ccc(O)c(Br)c2)cc1.